The maximum absolute atomic E-state index is 11.7. The lowest BCUT2D eigenvalue weighted by Crippen LogP contribution is -2.14. The van der Waals surface area contributed by atoms with Gasteiger partial charge in [-0.25, -0.2) is 4.79 Å². The van der Waals surface area contributed by atoms with Crippen LogP contribution in [0.5, 0.6) is 0 Å². The molecule has 0 atom stereocenters. The van der Waals surface area contributed by atoms with Crippen molar-refractivity contribution in [1.29, 1.82) is 0 Å². The molecule has 5 heteroatoms. The molecule has 0 radical (unpaired) electrons. The Labute approximate surface area is 117 Å². The molecule has 2 rings (SSSR count). The second kappa shape index (κ2) is 7.04. The van der Waals surface area contributed by atoms with E-state index < -0.39 is 6.09 Å². The van der Waals surface area contributed by atoms with Crippen molar-refractivity contribution in [1.82, 2.24) is 10.2 Å². The molecule has 0 bridgehead atoms. The molecular formula is C15H15N3O2. The molecule has 1 heterocycles. The van der Waals surface area contributed by atoms with Gasteiger partial charge < -0.3 is 4.74 Å². The minimum Gasteiger partial charge on any atom is -0.445 e. The summed E-state index contributed by atoms with van der Waals surface area (Å²) < 4.78 is 4.99. The first-order chi connectivity index (χ1) is 9.81. The number of hydrogen-bond acceptors (Lipinski definition) is 4. The van der Waals surface area contributed by atoms with Gasteiger partial charge in [0.2, 0.25) is 0 Å². The van der Waals surface area contributed by atoms with E-state index in [0.29, 0.717) is 11.4 Å². The Morgan fingerprint density at radius 2 is 2.10 bits per heavy atom. The number of benzene rings is 1. The number of allylic oxidation sites excluding steroid dienone is 1. The highest BCUT2D eigenvalue weighted by molar-refractivity contribution is 5.89. The second-order valence-corrected chi connectivity index (χ2v) is 3.95. The van der Waals surface area contributed by atoms with Crippen molar-refractivity contribution in [3.05, 3.63) is 54.7 Å². The number of rotatable bonds is 4. The van der Waals surface area contributed by atoms with E-state index in [-0.39, 0.29) is 6.61 Å². The number of carbonyl (C=O) groups excluding carboxylic acids is 1. The highest BCUT2D eigenvalue weighted by Crippen LogP contribution is 2.24. The molecule has 0 fully saturated rings. The third-order valence-corrected chi connectivity index (χ3v) is 2.55. The van der Waals surface area contributed by atoms with Gasteiger partial charge in [-0.2, -0.15) is 5.10 Å². The van der Waals surface area contributed by atoms with E-state index in [4.69, 9.17) is 4.74 Å². The molecule has 0 spiro atoms. The van der Waals surface area contributed by atoms with Crippen molar-refractivity contribution in [2.24, 2.45) is 0 Å². The molecule has 102 valence electrons. The molecule has 2 aromatic rings. The summed E-state index contributed by atoms with van der Waals surface area (Å²) in [4.78, 5) is 11.7. The monoisotopic (exact) mass is 269 g/mol. The van der Waals surface area contributed by atoms with Crippen LogP contribution in [-0.4, -0.2) is 22.9 Å². The van der Waals surface area contributed by atoms with Crippen LogP contribution < -0.4 is 5.32 Å². The molecule has 1 amide bonds. The summed E-state index contributed by atoms with van der Waals surface area (Å²) in [5.74, 6) is 0. The fraction of sp³-hybridized carbons (Fsp3) is 0.133. The third-order valence-electron chi connectivity index (χ3n) is 2.55. The van der Waals surface area contributed by atoms with Gasteiger partial charge in [-0.1, -0.05) is 42.5 Å². The zero-order valence-corrected chi connectivity index (χ0v) is 11.1. The van der Waals surface area contributed by atoms with Crippen LogP contribution in [0.4, 0.5) is 10.5 Å². The standard InChI is InChI=1S/C15H15N3O2/c1-2-3-11-20-15(19)17-13-9-10-16-18-14(13)12-7-5-4-6-8-12/h2-10H,11H2,1H3,(H,16,17,19). The Kier molecular flexibility index (Phi) is 4.83. The molecule has 5 nitrogen and oxygen atoms in total. The molecule has 1 N–H and O–H groups in total. The number of nitrogens with zero attached hydrogens (tertiary/aromatic N) is 2. The molecule has 1 aromatic heterocycles. The van der Waals surface area contributed by atoms with Crippen LogP contribution >= 0.6 is 0 Å². The molecule has 0 aliphatic heterocycles. The van der Waals surface area contributed by atoms with Gasteiger partial charge in [-0.05, 0) is 13.0 Å². The Morgan fingerprint density at radius 1 is 1.30 bits per heavy atom. The Hall–Kier alpha value is -2.69. The first-order valence-corrected chi connectivity index (χ1v) is 6.23. The first-order valence-electron chi connectivity index (χ1n) is 6.23. The zero-order valence-electron chi connectivity index (χ0n) is 11.1. The molecule has 1 aromatic carbocycles. The topological polar surface area (TPSA) is 64.1 Å². The van der Waals surface area contributed by atoms with Gasteiger partial charge in [0.25, 0.3) is 0 Å². The third kappa shape index (κ3) is 3.65. The number of ether oxygens (including phenoxy) is 1. The summed E-state index contributed by atoms with van der Waals surface area (Å²) in [5, 5.41) is 10.6. The fourth-order valence-electron chi connectivity index (χ4n) is 1.61. The van der Waals surface area contributed by atoms with E-state index in [2.05, 4.69) is 15.5 Å². The lowest BCUT2D eigenvalue weighted by Gasteiger charge is -2.09. The molecule has 0 saturated heterocycles. The molecule has 0 aliphatic carbocycles. The van der Waals surface area contributed by atoms with E-state index in [0.717, 1.165) is 5.56 Å². The van der Waals surface area contributed by atoms with Crippen molar-refractivity contribution in [3.8, 4) is 11.3 Å². The van der Waals surface area contributed by atoms with E-state index in [1.807, 2.05) is 43.3 Å². The molecule has 0 saturated carbocycles. The van der Waals surface area contributed by atoms with Crippen LogP contribution in [0.3, 0.4) is 0 Å². The minimum absolute atomic E-state index is 0.238. The summed E-state index contributed by atoms with van der Waals surface area (Å²) in [6.07, 6.45) is 4.57. The predicted molar refractivity (Wildman–Crippen MR) is 77.3 cm³/mol. The molecule has 20 heavy (non-hydrogen) atoms. The van der Waals surface area contributed by atoms with E-state index in [1.165, 1.54) is 6.20 Å². The fourth-order valence-corrected chi connectivity index (χ4v) is 1.61. The average Bonchev–Trinajstić information content (AvgIpc) is 2.49. The van der Waals surface area contributed by atoms with Crippen molar-refractivity contribution < 1.29 is 9.53 Å². The van der Waals surface area contributed by atoms with Crippen LogP contribution in [0, 0.1) is 0 Å². The average molecular weight is 269 g/mol. The Bertz CT molecular complexity index is 597. The summed E-state index contributed by atoms with van der Waals surface area (Å²) in [7, 11) is 0. The van der Waals surface area contributed by atoms with Gasteiger partial charge in [-0.15, -0.1) is 5.10 Å². The van der Waals surface area contributed by atoms with Gasteiger partial charge in [-0.3, -0.25) is 5.32 Å². The van der Waals surface area contributed by atoms with Gasteiger partial charge >= 0.3 is 6.09 Å². The quantitative estimate of drug-likeness (QED) is 0.865. The van der Waals surface area contributed by atoms with Gasteiger partial charge in [0.1, 0.15) is 12.3 Å². The van der Waals surface area contributed by atoms with Crippen molar-refractivity contribution in [3.63, 3.8) is 0 Å². The van der Waals surface area contributed by atoms with Gasteiger partial charge in [0, 0.05) is 5.56 Å². The lowest BCUT2D eigenvalue weighted by atomic mass is 10.1. The highest BCUT2D eigenvalue weighted by atomic mass is 16.5. The predicted octanol–water partition coefficient (Wildman–Crippen LogP) is 3.27. The Morgan fingerprint density at radius 3 is 2.85 bits per heavy atom. The van der Waals surface area contributed by atoms with E-state index >= 15 is 0 Å². The minimum atomic E-state index is -0.520. The normalized spacial score (nSPS) is 10.4. The second-order valence-electron chi connectivity index (χ2n) is 3.95. The number of hydrogen-bond donors (Lipinski definition) is 1. The number of carbonyl (C=O) groups is 1. The van der Waals surface area contributed by atoms with Crippen LogP contribution in [0.1, 0.15) is 6.92 Å². The first kappa shape index (κ1) is 13.7. The van der Waals surface area contributed by atoms with E-state index in [9.17, 15) is 4.79 Å². The maximum Gasteiger partial charge on any atom is 0.412 e. The van der Waals surface area contributed by atoms with Gasteiger partial charge in [0.05, 0.1) is 11.9 Å². The zero-order chi connectivity index (χ0) is 14.2. The molecular weight excluding hydrogens is 254 g/mol. The Balaban J connectivity index is 2.15. The summed E-state index contributed by atoms with van der Waals surface area (Å²) in [5.41, 5.74) is 2.05. The van der Waals surface area contributed by atoms with Crippen LogP contribution in [0.2, 0.25) is 0 Å². The number of amides is 1. The lowest BCUT2D eigenvalue weighted by molar-refractivity contribution is 0.174. The summed E-state index contributed by atoms with van der Waals surface area (Å²) in [6.45, 7) is 2.10. The van der Waals surface area contributed by atoms with Crippen molar-refractivity contribution in [2.45, 2.75) is 6.92 Å². The number of aromatic nitrogens is 2. The van der Waals surface area contributed by atoms with Crippen LogP contribution in [0.15, 0.2) is 54.7 Å². The van der Waals surface area contributed by atoms with Crippen LogP contribution in [-0.2, 0) is 4.74 Å². The maximum atomic E-state index is 11.7. The van der Waals surface area contributed by atoms with Crippen LogP contribution in [0.25, 0.3) is 11.3 Å². The molecule has 0 unspecified atom stereocenters. The smallest absolute Gasteiger partial charge is 0.412 e. The SMILES string of the molecule is CC=CCOC(=O)Nc1ccnnc1-c1ccccc1. The van der Waals surface area contributed by atoms with Gasteiger partial charge in [0.15, 0.2) is 0 Å². The van der Waals surface area contributed by atoms with Crippen molar-refractivity contribution in [2.75, 3.05) is 11.9 Å². The largest absolute Gasteiger partial charge is 0.445 e. The highest BCUT2D eigenvalue weighted by Gasteiger charge is 2.10. The van der Waals surface area contributed by atoms with E-state index in [1.54, 1.807) is 12.1 Å². The molecule has 0 aliphatic rings. The number of anilines is 1. The number of nitrogens with one attached hydrogen (secondary N) is 1. The van der Waals surface area contributed by atoms with Crippen molar-refractivity contribution >= 4 is 11.8 Å². The summed E-state index contributed by atoms with van der Waals surface area (Å²) >= 11 is 0. The summed E-state index contributed by atoms with van der Waals surface area (Å²) in [6, 6.07) is 11.2.